The molecular weight excluding hydrogens is 288 g/mol. The fraction of sp³-hybridized carbons (Fsp3) is 0.950. The highest BCUT2D eigenvalue weighted by molar-refractivity contribution is 5.77. The Hall–Kier alpha value is -0.570. The van der Waals surface area contributed by atoms with Crippen LogP contribution in [0.1, 0.15) is 94.4 Å². The summed E-state index contributed by atoms with van der Waals surface area (Å²) in [5, 5.41) is 0. The molecule has 0 saturated heterocycles. The summed E-state index contributed by atoms with van der Waals surface area (Å²) in [6.45, 7) is 19.8. The summed E-state index contributed by atoms with van der Waals surface area (Å²) in [6, 6.07) is 0. The molecule has 0 aromatic rings. The van der Waals surface area contributed by atoms with E-state index in [0.29, 0.717) is 6.61 Å². The molecule has 2 unspecified atom stereocenters. The van der Waals surface area contributed by atoms with Gasteiger partial charge >= 0.3 is 5.97 Å². The van der Waals surface area contributed by atoms with E-state index in [0.717, 1.165) is 32.1 Å². The number of ether oxygens (including phenoxy) is 2. The van der Waals surface area contributed by atoms with Crippen LogP contribution in [0.3, 0.4) is 0 Å². The minimum atomic E-state index is -0.524. The van der Waals surface area contributed by atoms with Gasteiger partial charge in [0.2, 0.25) is 0 Å². The van der Waals surface area contributed by atoms with Gasteiger partial charge in [0.05, 0.1) is 12.0 Å². The molecule has 0 aromatic carbocycles. The second-order valence-corrected chi connectivity index (χ2v) is 8.46. The minimum absolute atomic E-state index is 0.104. The summed E-state index contributed by atoms with van der Waals surface area (Å²) in [5.41, 5.74) is -0.546. The standard InChI is InChI=1S/C20H40O3/c1-10-13-14-22-16(4)23-17(21)20(9,19(7,8)12-3)15-18(5,6)11-2/h16H,10-15H2,1-9H3. The normalized spacial score (nSPS) is 16.7. The van der Waals surface area contributed by atoms with Crippen LogP contribution >= 0.6 is 0 Å². The van der Waals surface area contributed by atoms with Crippen molar-refractivity contribution >= 4 is 5.97 Å². The van der Waals surface area contributed by atoms with E-state index in [4.69, 9.17) is 9.47 Å². The molecule has 0 aliphatic carbocycles. The van der Waals surface area contributed by atoms with Crippen molar-refractivity contribution in [2.75, 3.05) is 6.61 Å². The molecule has 0 heterocycles. The molecule has 0 N–H and O–H groups in total. The Kier molecular flexibility index (Phi) is 8.83. The predicted molar refractivity (Wildman–Crippen MR) is 97.3 cm³/mol. The van der Waals surface area contributed by atoms with Crippen molar-refractivity contribution in [1.82, 2.24) is 0 Å². The third kappa shape index (κ3) is 6.45. The zero-order valence-electron chi connectivity index (χ0n) is 17.0. The van der Waals surface area contributed by atoms with Crippen LogP contribution < -0.4 is 0 Å². The third-order valence-corrected chi connectivity index (χ3v) is 5.74. The molecule has 138 valence electrons. The van der Waals surface area contributed by atoms with E-state index in [2.05, 4.69) is 55.4 Å². The van der Waals surface area contributed by atoms with Gasteiger partial charge in [-0.25, -0.2) is 0 Å². The first kappa shape index (κ1) is 22.4. The molecule has 0 bridgehead atoms. The van der Waals surface area contributed by atoms with Crippen molar-refractivity contribution in [2.45, 2.75) is 101 Å². The van der Waals surface area contributed by atoms with Gasteiger partial charge < -0.3 is 9.47 Å². The second kappa shape index (κ2) is 9.05. The molecule has 0 spiro atoms. The highest BCUT2D eigenvalue weighted by atomic mass is 16.7. The Balaban J connectivity index is 5.18. The second-order valence-electron chi connectivity index (χ2n) is 8.46. The van der Waals surface area contributed by atoms with Gasteiger partial charge in [0.1, 0.15) is 0 Å². The van der Waals surface area contributed by atoms with Gasteiger partial charge in [0.15, 0.2) is 6.29 Å². The lowest BCUT2D eigenvalue weighted by Crippen LogP contribution is -2.46. The molecule has 0 fully saturated rings. The number of hydrogen-bond donors (Lipinski definition) is 0. The van der Waals surface area contributed by atoms with Crippen LogP contribution in [0.2, 0.25) is 0 Å². The Morgan fingerprint density at radius 2 is 1.57 bits per heavy atom. The lowest BCUT2D eigenvalue weighted by atomic mass is 9.58. The van der Waals surface area contributed by atoms with Crippen molar-refractivity contribution in [2.24, 2.45) is 16.2 Å². The molecule has 23 heavy (non-hydrogen) atoms. The van der Waals surface area contributed by atoms with E-state index in [-0.39, 0.29) is 16.8 Å². The van der Waals surface area contributed by atoms with Crippen molar-refractivity contribution in [3.63, 3.8) is 0 Å². The SMILES string of the molecule is CCCCOC(C)OC(=O)C(C)(CC(C)(C)CC)C(C)(C)CC. The van der Waals surface area contributed by atoms with Crippen LogP contribution in [0, 0.1) is 16.2 Å². The van der Waals surface area contributed by atoms with Crippen LogP contribution in [0.4, 0.5) is 0 Å². The van der Waals surface area contributed by atoms with Gasteiger partial charge in [-0.05, 0) is 43.9 Å². The molecule has 0 rings (SSSR count). The zero-order valence-corrected chi connectivity index (χ0v) is 17.0. The molecule has 3 nitrogen and oxygen atoms in total. The van der Waals surface area contributed by atoms with E-state index in [1.807, 2.05) is 6.92 Å². The quantitative estimate of drug-likeness (QED) is 0.266. The summed E-state index contributed by atoms with van der Waals surface area (Å²) in [7, 11) is 0. The maximum atomic E-state index is 13.0. The molecule has 3 heteroatoms. The Labute approximate surface area is 144 Å². The molecule has 2 atom stereocenters. The first-order valence-corrected chi connectivity index (χ1v) is 9.28. The smallest absolute Gasteiger partial charge is 0.314 e. The van der Waals surface area contributed by atoms with Crippen LogP contribution in [-0.4, -0.2) is 18.9 Å². The maximum Gasteiger partial charge on any atom is 0.314 e. The number of unbranched alkanes of at least 4 members (excludes halogenated alkanes) is 1. The molecule has 0 radical (unpaired) electrons. The van der Waals surface area contributed by atoms with Crippen LogP contribution in [0.15, 0.2) is 0 Å². The highest BCUT2D eigenvalue weighted by Gasteiger charge is 2.50. The first-order chi connectivity index (χ1) is 10.5. The van der Waals surface area contributed by atoms with Gasteiger partial charge in [-0.3, -0.25) is 4.79 Å². The number of hydrogen-bond acceptors (Lipinski definition) is 3. The Bertz CT molecular complexity index is 360. The number of esters is 1. The van der Waals surface area contributed by atoms with Gasteiger partial charge in [-0.1, -0.05) is 61.3 Å². The van der Waals surface area contributed by atoms with E-state index in [1.165, 1.54) is 0 Å². The monoisotopic (exact) mass is 328 g/mol. The van der Waals surface area contributed by atoms with Crippen LogP contribution in [-0.2, 0) is 14.3 Å². The first-order valence-electron chi connectivity index (χ1n) is 9.28. The average Bonchev–Trinajstić information content (AvgIpc) is 2.46. The van der Waals surface area contributed by atoms with E-state index in [1.54, 1.807) is 0 Å². The topological polar surface area (TPSA) is 35.5 Å². The Morgan fingerprint density at radius 3 is 2.00 bits per heavy atom. The van der Waals surface area contributed by atoms with E-state index >= 15 is 0 Å². The zero-order chi connectivity index (χ0) is 18.3. The van der Waals surface area contributed by atoms with Crippen LogP contribution in [0.5, 0.6) is 0 Å². The van der Waals surface area contributed by atoms with Gasteiger partial charge in [-0.15, -0.1) is 0 Å². The van der Waals surface area contributed by atoms with E-state index in [9.17, 15) is 4.79 Å². The predicted octanol–water partition coefficient (Wildman–Crippen LogP) is 5.96. The van der Waals surface area contributed by atoms with Gasteiger partial charge in [0, 0.05) is 0 Å². The summed E-state index contributed by atoms with van der Waals surface area (Å²) in [4.78, 5) is 13.0. The highest BCUT2D eigenvalue weighted by Crippen LogP contribution is 2.50. The number of rotatable bonds is 11. The summed E-state index contributed by atoms with van der Waals surface area (Å²) >= 11 is 0. The molecule has 0 saturated carbocycles. The Morgan fingerprint density at radius 1 is 1.00 bits per heavy atom. The third-order valence-electron chi connectivity index (χ3n) is 5.74. The lowest BCUT2D eigenvalue weighted by molar-refractivity contribution is -0.195. The van der Waals surface area contributed by atoms with Gasteiger partial charge in [0.25, 0.3) is 0 Å². The van der Waals surface area contributed by atoms with Crippen molar-refractivity contribution in [3.05, 3.63) is 0 Å². The fourth-order valence-corrected chi connectivity index (χ4v) is 2.77. The average molecular weight is 329 g/mol. The summed E-state index contributed by atoms with van der Waals surface area (Å²) in [6.07, 6.45) is 4.37. The minimum Gasteiger partial charge on any atom is -0.436 e. The number of carbonyl (C=O) groups is 1. The van der Waals surface area contributed by atoms with Gasteiger partial charge in [-0.2, -0.15) is 0 Å². The van der Waals surface area contributed by atoms with Crippen molar-refractivity contribution in [3.8, 4) is 0 Å². The fourth-order valence-electron chi connectivity index (χ4n) is 2.77. The molecule has 0 aromatic heterocycles. The molecule has 0 aliphatic rings. The molecule has 0 aliphatic heterocycles. The van der Waals surface area contributed by atoms with E-state index < -0.39 is 11.7 Å². The molecule has 0 amide bonds. The maximum absolute atomic E-state index is 13.0. The van der Waals surface area contributed by atoms with Crippen LogP contribution in [0.25, 0.3) is 0 Å². The van der Waals surface area contributed by atoms with Crippen molar-refractivity contribution in [1.29, 1.82) is 0 Å². The summed E-state index contributed by atoms with van der Waals surface area (Å²) in [5.74, 6) is -0.130. The largest absolute Gasteiger partial charge is 0.436 e. The summed E-state index contributed by atoms with van der Waals surface area (Å²) < 4.78 is 11.3. The molecular formula is C20H40O3. The number of carbonyl (C=O) groups excluding carboxylic acids is 1. The lowest BCUT2D eigenvalue weighted by Gasteiger charge is -2.46. The van der Waals surface area contributed by atoms with Crippen molar-refractivity contribution < 1.29 is 14.3 Å².